The normalized spacial score (nSPS) is 16.3. The molecule has 0 fully saturated rings. The maximum atomic E-state index is 11.9. The molecule has 5 heteroatoms. The van der Waals surface area contributed by atoms with Crippen LogP contribution in [0.3, 0.4) is 0 Å². The van der Waals surface area contributed by atoms with E-state index in [9.17, 15) is 14.7 Å². The van der Waals surface area contributed by atoms with Crippen molar-refractivity contribution in [3.05, 3.63) is 0 Å². The third kappa shape index (κ3) is 4.99. The number of hydrogen-bond acceptors (Lipinski definition) is 4. The van der Waals surface area contributed by atoms with Crippen molar-refractivity contribution >= 4 is 24.3 Å². The lowest BCUT2D eigenvalue weighted by atomic mass is 9.92. The van der Waals surface area contributed by atoms with E-state index in [1.165, 1.54) is 6.92 Å². The van der Waals surface area contributed by atoms with E-state index >= 15 is 0 Å². The molecule has 0 spiro atoms. The zero-order valence-electron chi connectivity index (χ0n) is 10.1. The van der Waals surface area contributed by atoms with Gasteiger partial charge >= 0.3 is 0 Å². The van der Waals surface area contributed by atoms with Crippen LogP contribution in [0.5, 0.6) is 0 Å². The number of carbonyl (C=O) groups excluding carboxylic acids is 2. The Kier molecular flexibility index (Phi) is 7.42. The maximum absolute atomic E-state index is 11.9. The van der Waals surface area contributed by atoms with Crippen molar-refractivity contribution < 1.29 is 14.7 Å². The summed E-state index contributed by atoms with van der Waals surface area (Å²) in [6, 6.07) is -0.609. The smallest absolute Gasteiger partial charge is 0.217 e. The third-order valence-corrected chi connectivity index (χ3v) is 2.88. The van der Waals surface area contributed by atoms with E-state index in [-0.39, 0.29) is 17.4 Å². The first kappa shape index (κ1) is 15.4. The summed E-state index contributed by atoms with van der Waals surface area (Å²) in [5.74, 6) is -0.638. The molecule has 0 saturated carbocycles. The van der Waals surface area contributed by atoms with Crippen molar-refractivity contribution in [3.8, 4) is 0 Å². The highest BCUT2D eigenvalue weighted by Gasteiger charge is 2.27. The predicted octanol–water partition coefficient (Wildman–Crippen LogP) is 0.787. The largest absolute Gasteiger partial charge is 0.392 e. The van der Waals surface area contributed by atoms with Gasteiger partial charge in [0.05, 0.1) is 12.1 Å². The molecule has 4 nitrogen and oxygen atoms in total. The molecule has 0 aliphatic rings. The van der Waals surface area contributed by atoms with Gasteiger partial charge in [-0.3, -0.25) is 9.59 Å². The molecular weight excluding hydrogens is 226 g/mol. The fraction of sp³-hybridized carbons (Fsp3) is 0.818. The summed E-state index contributed by atoms with van der Waals surface area (Å²) in [7, 11) is 0. The van der Waals surface area contributed by atoms with Gasteiger partial charge in [-0.25, -0.2) is 0 Å². The molecule has 0 aromatic rings. The topological polar surface area (TPSA) is 66.4 Å². The number of amides is 1. The second-order valence-corrected chi connectivity index (χ2v) is 4.35. The molecule has 2 N–H and O–H groups in total. The summed E-state index contributed by atoms with van der Waals surface area (Å²) in [6.07, 6.45) is 0.769. The lowest BCUT2D eigenvalue weighted by molar-refractivity contribution is -0.130. The van der Waals surface area contributed by atoms with Crippen LogP contribution in [0.4, 0.5) is 0 Å². The molecule has 0 saturated heterocycles. The zero-order valence-corrected chi connectivity index (χ0v) is 11.0. The number of aliphatic hydroxyl groups is 1. The number of nitrogens with one attached hydrogen (secondary N) is 1. The second-order valence-electron chi connectivity index (χ2n) is 3.98. The zero-order chi connectivity index (χ0) is 12.7. The molecule has 1 unspecified atom stereocenters. The van der Waals surface area contributed by atoms with E-state index in [0.717, 1.165) is 6.42 Å². The second kappa shape index (κ2) is 7.68. The molecule has 0 heterocycles. The molecule has 0 bridgehead atoms. The summed E-state index contributed by atoms with van der Waals surface area (Å²) in [4.78, 5) is 22.8. The van der Waals surface area contributed by atoms with E-state index in [2.05, 4.69) is 17.9 Å². The lowest BCUT2D eigenvalue weighted by Gasteiger charge is -2.22. The van der Waals surface area contributed by atoms with Gasteiger partial charge in [0.25, 0.3) is 0 Å². The van der Waals surface area contributed by atoms with Crippen LogP contribution in [-0.4, -0.2) is 34.7 Å². The lowest BCUT2D eigenvalue weighted by Crippen LogP contribution is -2.45. The maximum Gasteiger partial charge on any atom is 0.217 e. The number of rotatable bonds is 7. The van der Waals surface area contributed by atoms with Gasteiger partial charge in [0, 0.05) is 18.6 Å². The number of ketones is 1. The highest BCUT2D eigenvalue weighted by Crippen LogP contribution is 2.12. The third-order valence-electron chi connectivity index (χ3n) is 2.51. The Labute approximate surface area is 102 Å². The van der Waals surface area contributed by atoms with Crippen molar-refractivity contribution in [2.45, 2.75) is 45.8 Å². The monoisotopic (exact) mass is 247 g/mol. The molecule has 0 aliphatic heterocycles. The van der Waals surface area contributed by atoms with E-state index < -0.39 is 18.1 Å². The van der Waals surface area contributed by atoms with E-state index in [0.29, 0.717) is 6.42 Å². The Morgan fingerprint density at radius 3 is 2.38 bits per heavy atom. The molecular formula is C11H21NO3S. The Bertz CT molecular complexity index is 245. The van der Waals surface area contributed by atoms with Crippen LogP contribution in [0.25, 0.3) is 0 Å². The van der Waals surface area contributed by atoms with Crippen molar-refractivity contribution in [2.24, 2.45) is 5.92 Å². The summed E-state index contributed by atoms with van der Waals surface area (Å²) in [6.45, 7) is 4.99. The first-order chi connectivity index (χ1) is 7.43. The van der Waals surface area contributed by atoms with Crippen LogP contribution >= 0.6 is 12.6 Å². The minimum Gasteiger partial charge on any atom is -0.392 e. The van der Waals surface area contributed by atoms with E-state index in [4.69, 9.17) is 0 Å². The van der Waals surface area contributed by atoms with Crippen molar-refractivity contribution in [1.29, 1.82) is 0 Å². The summed E-state index contributed by atoms with van der Waals surface area (Å²) in [5.41, 5.74) is 0. The fourth-order valence-corrected chi connectivity index (χ4v) is 1.78. The minimum atomic E-state index is -0.645. The van der Waals surface area contributed by atoms with Crippen LogP contribution < -0.4 is 5.32 Å². The average Bonchev–Trinajstić information content (AvgIpc) is 2.23. The standard InChI is InChI=1S/C11H21NO3S/c1-4-5-10(14)7(2)11(15)9(6-16)12-8(3)13/h7,9-10,14,16H,4-6H2,1-3H3,(H,12,13)/t7?,9-,10-/m1/s1. The van der Waals surface area contributed by atoms with Crippen LogP contribution in [0.15, 0.2) is 0 Å². The SMILES string of the molecule is CCC[C@@H](O)C(C)C(=O)[C@@H](CS)NC(C)=O. The van der Waals surface area contributed by atoms with Crippen molar-refractivity contribution in [3.63, 3.8) is 0 Å². The molecule has 0 rings (SSSR count). The Balaban J connectivity index is 4.43. The van der Waals surface area contributed by atoms with E-state index in [1.807, 2.05) is 6.92 Å². The number of thiol groups is 1. The fourth-order valence-electron chi connectivity index (χ4n) is 1.50. The predicted molar refractivity (Wildman–Crippen MR) is 66.5 cm³/mol. The Morgan fingerprint density at radius 1 is 1.44 bits per heavy atom. The molecule has 0 radical (unpaired) electrons. The highest BCUT2D eigenvalue weighted by molar-refractivity contribution is 7.80. The first-order valence-electron chi connectivity index (χ1n) is 5.53. The van der Waals surface area contributed by atoms with Gasteiger partial charge in [-0.2, -0.15) is 12.6 Å². The summed E-state index contributed by atoms with van der Waals surface area (Å²) < 4.78 is 0. The van der Waals surface area contributed by atoms with Crippen LogP contribution in [-0.2, 0) is 9.59 Å². The summed E-state index contributed by atoms with van der Waals surface area (Å²) >= 11 is 4.03. The van der Waals surface area contributed by atoms with Crippen LogP contribution in [0.2, 0.25) is 0 Å². The Hall–Kier alpha value is -0.550. The van der Waals surface area contributed by atoms with Gasteiger partial charge in [0.15, 0.2) is 5.78 Å². The molecule has 94 valence electrons. The first-order valence-corrected chi connectivity index (χ1v) is 6.17. The number of hydrogen-bond donors (Lipinski definition) is 3. The van der Waals surface area contributed by atoms with E-state index in [1.54, 1.807) is 6.92 Å². The molecule has 3 atom stereocenters. The van der Waals surface area contributed by atoms with Gasteiger partial charge < -0.3 is 10.4 Å². The minimum absolute atomic E-state index is 0.161. The number of Topliss-reactive ketones (excluding diaryl/α,β-unsaturated/α-hetero) is 1. The summed E-state index contributed by atoms with van der Waals surface area (Å²) in [5, 5.41) is 12.2. The molecule has 0 aromatic heterocycles. The quantitative estimate of drug-likeness (QED) is 0.583. The molecule has 16 heavy (non-hydrogen) atoms. The van der Waals surface area contributed by atoms with Gasteiger partial charge in [-0.05, 0) is 6.42 Å². The number of carbonyl (C=O) groups is 2. The van der Waals surface area contributed by atoms with Crippen LogP contribution in [0, 0.1) is 5.92 Å². The Morgan fingerprint density at radius 2 is 2.00 bits per heavy atom. The number of aliphatic hydroxyl groups excluding tert-OH is 1. The van der Waals surface area contributed by atoms with Crippen molar-refractivity contribution in [1.82, 2.24) is 5.32 Å². The molecule has 0 aromatic carbocycles. The average molecular weight is 247 g/mol. The molecule has 0 aliphatic carbocycles. The van der Waals surface area contributed by atoms with Gasteiger partial charge in [-0.1, -0.05) is 20.3 Å². The van der Waals surface area contributed by atoms with Crippen molar-refractivity contribution in [2.75, 3.05) is 5.75 Å². The van der Waals surface area contributed by atoms with Gasteiger partial charge in [0.1, 0.15) is 0 Å². The van der Waals surface area contributed by atoms with Gasteiger partial charge in [-0.15, -0.1) is 0 Å². The highest BCUT2D eigenvalue weighted by atomic mass is 32.1. The molecule has 1 amide bonds. The van der Waals surface area contributed by atoms with Gasteiger partial charge in [0.2, 0.25) is 5.91 Å². The van der Waals surface area contributed by atoms with Crippen LogP contribution in [0.1, 0.15) is 33.6 Å².